The minimum absolute atomic E-state index is 0.0171. The second-order valence-electron chi connectivity index (χ2n) is 8.10. The zero-order valence-electron chi connectivity index (χ0n) is 19.4. The van der Waals surface area contributed by atoms with Crippen molar-refractivity contribution in [1.29, 1.82) is 5.41 Å². The molecule has 0 spiro atoms. The number of ether oxygens (including phenoxy) is 1. The molecule has 35 heavy (non-hydrogen) atoms. The van der Waals surface area contributed by atoms with Gasteiger partial charge in [-0.05, 0) is 33.8 Å². The third-order valence-corrected chi connectivity index (χ3v) is 5.08. The molecule has 3 N–H and O–H groups in total. The normalized spacial score (nSPS) is 11.9. The van der Waals surface area contributed by atoms with E-state index in [1.807, 2.05) is 0 Å². The first kappa shape index (κ1) is 25.9. The number of pyridine rings is 2. The van der Waals surface area contributed by atoms with E-state index in [-0.39, 0.29) is 40.3 Å². The van der Waals surface area contributed by atoms with Crippen LogP contribution in [0, 0.1) is 24.0 Å². The minimum atomic E-state index is -1.26. The van der Waals surface area contributed by atoms with E-state index >= 15 is 0 Å². The zero-order chi connectivity index (χ0) is 25.9. The molecule has 3 aromatic rings. The fourth-order valence-electron chi connectivity index (χ4n) is 3.00. The highest BCUT2D eigenvalue weighted by Crippen LogP contribution is 2.25. The van der Waals surface area contributed by atoms with Crippen LogP contribution in [0.15, 0.2) is 41.6 Å². The van der Waals surface area contributed by atoms with Crippen LogP contribution in [0.1, 0.15) is 38.0 Å². The predicted molar refractivity (Wildman–Crippen MR) is 128 cm³/mol. The van der Waals surface area contributed by atoms with E-state index in [4.69, 9.17) is 21.7 Å². The monoisotopic (exact) mass is 504 g/mol. The highest BCUT2D eigenvalue weighted by molar-refractivity contribution is 6.32. The van der Waals surface area contributed by atoms with Crippen LogP contribution in [0.2, 0.25) is 5.02 Å². The summed E-state index contributed by atoms with van der Waals surface area (Å²) in [5, 5.41) is 20.9. The van der Waals surface area contributed by atoms with Crippen LogP contribution in [-0.2, 0) is 12.2 Å². The van der Waals surface area contributed by atoms with Crippen molar-refractivity contribution in [2.75, 3.05) is 5.32 Å². The van der Waals surface area contributed by atoms with Crippen molar-refractivity contribution in [2.24, 2.45) is 0 Å². The van der Waals surface area contributed by atoms with E-state index in [1.165, 1.54) is 30.0 Å². The van der Waals surface area contributed by atoms with Gasteiger partial charge in [0.2, 0.25) is 0 Å². The Bertz CT molecular complexity index is 1370. The first-order valence-electron chi connectivity index (χ1n) is 10.3. The molecule has 0 aliphatic rings. The molecule has 3 aromatic heterocycles. The fraction of sp³-hybridized carbons (Fsp3) is 0.261. The number of nitrogens with one attached hydrogen (secondary N) is 2. The smallest absolute Gasteiger partial charge is 0.278 e. The van der Waals surface area contributed by atoms with Crippen molar-refractivity contribution in [3.63, 3.8) is 0 Å². The number of rotatable bonds is 8. The molecule has 0 radical (unpaired) electrons. The van der Waals surface area contributed by atoms with E-state index in [9.17, 15) is 18.7 Å². The summed E-state index contributed by atoms with van der Waals surface area (Å²) in [6.45, 7) is 5.81. The molecule has 0 aliphatic carbocycles. The summed E-state index contributed by atoms with van der Waals surface area (Å²) in [6.07, 6.45) is 3.72. The van der Waals surface area contributed by atoms with Gasteiger partial charge in [-0.3, -0.25) is 14.3 Å². The van der Waals surface area contributed by atoms with E-state index in [0.29, 0.717) is 17.6 Å². The number of aryl methyl sites for hydroxylation is 1. The lowest BCUT2D eigenvalue weighted by Gasteiger charge is -2.17. The average Bonchev–Trinajstić information content (AvgIpc) is 2.77. The molecule has 0 saturated carbocycles. The Morgan fingerprint density at radius 2 is 2.06 bits per heavy atom. The van der Waals surface area contributed by atoms with Gasteiger partial charge < -0.3 is 20.6 Å². The minimum Gasteiger partial charge on any atom is -0.485 e. The van der Waals surface area contributed by atoms with Gasteiger partial charge in [-0.15, -0.1) is 0 Å². The lowest BCUT2D eigenvalue weighted by atomic mass is 10.1. The van der Waals surface area contributed by atoms with Crippen molar-refractivity contribution in [3.8, 4) is 5.75 Å². The molecule has 12 heteroatoms. The van der Waals surface area contributed by atoms with Crippen LogP contribution < -0.4 is 15.6 Å². The molecule has 0 unspecified atom stereocenters. The van der Waals surface area contributed by atoms with E-state index in [1.54, 1.807) is 26.8 Å². The van der Waals surface area contributed by atoms with Gasteiger partial charge in [-0.1, -0.05) is 11.6 Å². The Hall–Kier alpha value is -3.70. The van der Waals surface area contributed by atoms with Crippen molar-refractivity contribution >= 4 is 28.8 Å². The number of nitrogens with zero attached hydrogens (tertiary/aromatic N) is 4. The molecule has 0 amide bonds. The number of allylic oxidation sites excluding steroid dienone is 1. The van der Waals surface area contributed by atoms with Crippen LogP contribution in [0.4, 0.5) is 14.6 Å². The van der Waals surface area contributed by atoms with Crippen LogP contribution in [0.25, 0.3) is 5.70 Å². The number of aromatic nitrogens is 4. The second kappa shape index (κ2) is 10.3. The highest BCUT2D eigenvalue weighted by atomic mass is 35.5. The first-order valence-corrected chi connectivity index (χ1v) is 10.7. The van der Waals surface area contributed by atoms with E-state index < -0.39 is 22.8 Å². The van der Waals surface area contributed by atoms with Crippen LogP contribution >= 0.6 is 11.6 Å². The maximum Gasteiger partial charge on any atom is 0.278 e. The highest BCUT2D eigenvalue weighted by Gasteiger charge is 2.20. The van der Waals surface area contributed by atoms with Gasteiger partial charge in [0, 0.05) is 30.2 Å². The molecule has 0 fully saturated rings. The maximum absolute atomic E-state index is 13.8. The molecule has 0 aromatic carbocycles. The van der Waals surface area contributed by atoms with Gasteiger partial charge in [0.05, 0.1) is 17.6 Å². The summed E-state index contributed by atoms with van der Waals surface area (Å²) in [5.41, 5.74) is -1.49. The maximum atomic E-state index is 13.8. The van der Waals surface area contributed by atoms with Gasteiger partial charge >= 0.3 is 0 Å². The molecule has 9 nitrogen and oxygen atoms in total. The standard InChI is InChI=1S/C23H23ClF2N6O3/c1-12-7-18(35-11-16-15(26)8-14(25)9-29-16)20(24)21(33)32(12)17(13(2)27)10-30-19-5-6-28-22(31-19)23(3,4)34/h5-10,27,34H,11H2,1-4H3,(H,28,30,31)/b17-10+,27-13?. The molecule has 0 aliphatic heterocycles. The number of hydrogen-bond acceptors (Lipinski definition) is 8. The quantitative estimate of drug-likeness (QED) is 0.395. The summed E-state index contributed by atoms with van der Waals surface area (Å²) < 4.78 is 33.6. The van der Waals surface area contributed by atoms with Gasteiger partial charge in [-0.2, -0.15) is 0 Å². The van der Waals surface area contributed by atoms with Crippen molar-refractivity contribution in [1.82, 2.24) is 19.5 Å². The Balaban J connectivity index is 1.92. The van der Waals surface area contributed by atoms with E-state index in [0.717, 1.165) is 6.20 Å². The van der Waals surface area contributed by atoms with Crippen LogP contribution in [-0.4, -0.2) is 30.3 Å². The number of aliphatic hydroxyl groups is 1. The average molecular weight is 505 g/mol. The first-order chi connectivity index (χ1) is 16.4. The molecule has 3 heterocycles. The molecule has 184 valence electrons. The van der Waals surface area contributed by atoms with Gasteiger partial charge in [0.25, 0.3) is 5.56 Å². The lowest BCUT2D eigenvalue weighted by Crippen LogP contribution is -2.26. The lowest BCUT2D eigenvalue weighted by molar-refractivity contribution is 0.0688. The molecular formula is C23H23ClF2N6O3. The number of hydrogen-bond donors (Lipinski definition) is 3. The Labute approximate surface area is 204 Å². The summed E-state index contributed by atoms with van der Waals surface area (Å²) in [7, 11) is 0. The molecular weight excluding hydrogens is 482 g/mol. The molecule has 3 rings (SSSR count). The van der Waals surface area contributed by atoms with Crippen molar-refractivity contribution < 1.29 is 18.6 Å². The Morgan fingerprint density at radius 1 is 1.34 bits per heavy atom. The summed E-state index contributed by atoms with van der Waals surface area (Å²) in [6, 6.07) is 3.69. The van der Waals surface area contributed by atoms with Crippen LogP contribution in [0.5, 0.6) is 5.75 Å². The number of anilines is 1. The molecule has 0 saturated heterocycles. The summed E-state index contributed by atoms with van der Waals surface area (Å²) in [5.74, 6) is -1.21. The summed E-state index contributed by atoms with van der Waals surface area (Å²) >= 11 is 6.24. The largest absolute Gasteiger partial charge is 0.485 e. The fourth-order valence-corrected chi connectivity index (χ4v) is 3.19. The SMILES string of the molecule is CC(=N)/C(=C\Nc1ccnc(C(C)(C)O)n1)n1c(C)cc(OCc2ncc(F)cc2F)c(Cl)c1=O. The van der Waals surface area contributed by atoms with Gasteiger partial charge in [0.15, 0.2) is 11.6 Å². The second-order valence-corrected chi connectivity index (χ2v) is 8.48. The third-order valence-electron chi connectivity index (χ3n) is 4.73. The third kappa shape index (κ3) is 6.06. The number of halogens is 3. The summed E-state index contributed by atoms with van der Waals surface area (Å²) in [4.78, 5) is 25.0. The van der Waals surface area contributed by atoms with E-state index in [2.05, 4.69) is 20.3 Å². The topological polar surface area (TPSA) is 126 Å². The molecule has 0 atom stereocenters. The Kier molecular flexibility index (Phi) is 7.61. The Morgan fingerprint density at radius 3 is 2.69 bits per heavy atom. The molecule has 0 bridgehead atoms. The van der Waals surface area contributed by atoms with Gasteiger partial charge in [0.1, 0.15) is 40.3 Å². The predicted octanol–water partition coefficient (Wildman–Crippen LogP) is 4.03. The zero-order valence-corrected chi connectivity index (χ0v) is 20.1. The van der Waals surface area contributed by atoms with Crippen molar-refractivity contribution in [3.05, 3.63) is 81.0 Å². The van der Waals surface area contributed by atoms with Crippen molar-refractivity contribution in [2.45, 2.75) is 39.9 Å². The van der Waals surface area contributed by atoms with Crippen LogP contribution in [0.3, 0.4) is 0 Å². The van der Waals surface area contributed by atoms with Gasteiger partial charge in [-0.25, -0.2) is 18.7 Å².